The van der Waals surface area contributed by atoms with Crippen LogP contribution in [0, 0.1) is 0 Å². The van der Waals surface area contributed by atoms with E-state index in [1.165, 1.54) is 0 Å². The van der Waals surface area contributed by atoms with Crippen LogP contribution in [0.2, 0.25) is 5.02 Å². The van der Waals surface area contributed by atoms with Crippen molar-refractivity contribution in [2.45, 2.75) is 0 Å². The lowest BCUT2D eigenvalue weighted by Crippen LogP contribution is -2.12. The Balaban J connectivity index is 2.28. The summed E-state index contributed by atoms with van der Waals surface area (Å²) in [6, 6.07) is 14.6. The van der Waals surface area contributed by atoms with Crippen LogP contribution in [0.5, 0.6) is 0 Å². The molecule has 0 saturated carbocycles. The number of benzene rings is 2. The Bertz CT molecular complexity index is 847. The molecule has 3 nitrogen and oxygen atoms in total. The number of nitrogens with two attached hydrogens (primary N) is 1. The lowest BCUT2D eigenvalue weighted by Gasteiger charge is -2.08. The van der Waals surface area contributed by atoms with Crippen molar-refractivity contribution in [3.8, 4) is 11.3 Å². The average molecular weight is 362 g/mol. The summed E-state index contributed by atoms with van der Waals surface area (Å²) in [6.45, 7) is 0. The minimum Gasteiger partial charge on any atom is -0.366 e. The van der Waals surface area contributed by atoms with Crippen molar-refractivity contribution in [1.82, 2.24) is 4.98 Å². The third-order valence-electron chi connectivity index (χ3n) is 3.18. The van der Waals surface area contributed by atoms with Crippen LogP contribution in [-0.4, -0.2) is 10.9 Å². The second-order valence-electron chi connectivity index (χ2n) is 4.59. The lowest BCUT2D eigenvalue weighted by molar-refractivity contribution is 0.100. The summed E-state index contributed by atoms with van der Waals surface area (Å²) in [5.41, 5.74) is 8.24. The van der Waals surface area contributed by atoms with Gasteiger partial charge in [-0.3, -0.25) is 4.79 Å². The van der Waals surface area contributed by atoms with E-state index in [1.807, 2.05) is 30.3 Å². The number of primary amides is 1. The molecule has 2 N–H and O–H groups in total. The number of carbonyl (C=O) groups excluding carboxylic acids is 1. The molecule has 0 fully saturated rings. The minimum absolute atomic E-state index is 0.450. The highest BCUT2D eigenvalue weighted by Crippen LogP contribution is 2.27. The predicted molar refractivity (Wildman–Crippen MR) is 88.4 cm³/mol. The SMILES string of the molecule is NC(=O)c1cc(-c2ccc(Cl)cc2)nc2ccc(Br)cc12. The monoisotopic (exact) mass is 360 g/mol. The molecule has 21 heavy (non-hydrogen) atoms. The first-order chi connectivity index (χ1) is 10.0. The molecule has 0 aliphatic carbocycles. The summed E-state index contributed by atoms with van der Waals surface area (Å²) in [4.78, 5) is 16.3. The van der Waals surface area contributed by atoms with Gasteiger partial charge in [-0.25, -0.2) is 4.98 Å². The first kappa shape index (κ1) is 14.0. The van der Waals surface area contributed by atoms with Gasteiger partial charge in [0.15, 0.2) is 0 Å². The highest BCUT2D eigenvalue weighted by atomic mass is 79.9. The van der Waals surface area contributed by atoms with E-state index in [4.69, 9.17) is 17.3 Å². The minimum atomic E-state index is -0.476. The number of aromatic nitrogens is 1. The van der Waals surface area contributed by atoms with Crippen LogP contribution in [0.15, 0.2) is 53.0 Å². The highest BCUT2D eigenvalue weighted by molar-refractivity contribution is 9.10. The molecule has 3 aromatic rings. The molecule has 0 aliphatic heterocycles. The normalized spacial score (nSPS) is 10.8. The maximum Gasteiger partial charge on any atom is 0.249 e. The number of hydrogen-bond donors (Lipinski definition) is 1. The largest absolute Gasteiger partial charge is 0.366 e. The van der Waals surface area contributed by atoms with Crippen molar-refractivity contribution in [2.75, 3.05) is 0 Å². The van der Waals surface area contributed by atoms with E-state index < -0.39 is 5.91 Å². The summed E-state index contributed by atoms with van der Waals surface area (Å²) in [5.74, 6) is -0.476. The Morgan fingerprint density at radius 3 is 2.48 bits per heavy atom. The second kappa shape index (κ2) is 5.47. The van der Waals surface area contributed by atoms with Crippen molar-refractivity contribution in [1.29, 1.82) is 0 Å². The number of nitrogens with zero attached hydrogens (tertiary/aromatic N) is 1. The molecular formula is C16H10BrClN2O. The molecule has 5 heteroatoms. The van der Waals surface area contributed by atoms with Crippen molar-refractivity contribution < 1.29 is 4.79 Å². The van der Waals surface area contributed by atoms with E-state index in [0.717, 1.165) is 20.9 Å². The third-order valence-corrected chi connectivity index (χ3v) is 3.92. The summed E-state index contributed by atoms with van der Waals surface area (Å²) in [5, 5.41) is 1.38. The molecule has 1 amide bonds. The van der Waals surface area contributed by atoms with E-state index in [-0.39, 0.29) is 0 Å². The second-order valence-corrected chi connectivity index (χ2v) is 5.94. The van der Waals surface area contributed by atoms with Crippen LogP contribution < -0.4 is 5.73 Å². The zero-order valence-corrected chi connectivity index (χ0v) is 13.1. The first-order valence-corrected chi connectivity index (χ1v) is 7.38. The van der Waals surface area contributed by atoms with Gasteiger partial charge in [0.1, 0.15) is 0 Å². The fourth-order valence-electron chi connectivity index (χ4n) is 2.17. The molecule has 1 aromatic heterocycles. The van der Waals surface area contributed by atoms with E-state index in [0.29, 0.717) is 16.3 Å². The molecule has 0 spiro atoms. The third kappa shape index (κ3) is 2.77. The summed E-state index contributed by atoms with van der Waals surface area (Å²) in [7, 11) is 0. The smallest absolute Gasteiger partial charge is 0.249 e. The molecule has 1 heterocycles. The number of fused-ring (bicyclic) bond motifs is 1. The Morgan fingerprint density at radius 2 is 1.81 bits per heavy atom. The maximum absolute atomic E-state index is 11.7. The van der Waals surface area contributed by atoms with Gasteiger partial charge < -0.3 is 5.73 Å². The van der Waals surface area contributed by atoms with Crippen LogP contribution in [-0.2, 0) is 0 Å². The number of amides is 1. The van der Waals surface area contributed by atoms with Gasteiger partial charge >= 0.3 is 0 Å². The van der Waals surface area contributed by atoms with E-state index >= 15 is 0 Å². The molecule has 3 rings (SSSR count). The van der Waals surface area contributed by atoms with Crippen LogP contribution in [0.4, 0.5) is 0 Å². The molecule has 0 aliphatic rings. The van der Waals surface area contributed by atoms with Crippen molar-refractivity contribution in [3.63, 3.8) is 0 Å². The summed E-state index contributed by atoms with van der Waals surface area (Å²) >= 11 is 9.29. The Labute approximate surface area is 134 Å². The van der Waals surface area contributed by atoms with Crippen LogP contribution in [0.1, 0.15) is 10.4 Å². The van der Waals surface area contributed by atoms with Gasteiger partial charge in [-0.2, -0.15) is 0 Å². The number of hydrogen-bond acceptors (Lipinski definition) is 2. The first-order valence-electron chi connectivity index (χ1n) is 6.20. The van der Waals surface area contributed by atoms with Gasteiger partial charge in [-0.15, -0.1) is 0 Å². The molecule has 104 valence electrons. The molecule has 0 atom stereocenters. The van der Waals surface area contributed by atoms with Gasteiger partial charge in [-0.1, -0.05) is 39.7 Å². The molecule has 0 bridgehead atoms. The van der Waals surface area contributed by atoms with Gasteiger partial charge in [0.05, 0.1) is 16.8 Å². The van der Waals surface area contributed by atoms with Gasteiger partial charge in [0, 0.05) is 20.4 Å². The Morgan fingerprint density at radius 1 is 1.10 bits per heavy atom. The van der Waals surface area contributed by atoms with Crippen molar-refractivity contribution >= 4 is 44.3 Å². The van der Waals surface area contributed by atoms with Crippen LogP contribution in [0.25, 0.3) is 22.2 Å². The number of rotatable bonds is 2. The zero-order valence-electron chi connectivity index (χ0n) is 10.8. The maximum atomic E-state index is 11.7. The number of pyridine rings is 1. The molecule has 0 unspecified atom stereocenters. The average Bonchev–Trinajstić information content (AvgIpc) is 2.46. The van der Waals surface area contributed by atoms with Crippen LogP contribution in [0.3, 0.4) is 0 Å². The van der Waals surface area contributed by atoms with E-state index in [9.17, 15) is 4.79 Å². The standard InChI is InChI=1S/C16H10BrClN2O/c17-10-3-6-14-12(7-10)13(16(19)21)8-15(20-14)9-1-4-11(18)5-2-9/h1-8H,(H2,19,21). The predicted octanol–water partition coefficient (Wildman–Crippen LogP) is 4.42. The quantitative estimate of drug-likeness (QED) is 0.734. The van der Waals surface area contributed by atoms with Crippen molar-refractivity contribution in [3.05, 3.63) is 63.6 Å². The van der Waals surface area contributed by atoms with Crippen molar-refractivity contribution in [2.24, 2.45) is 5.73 Å². The van der Waals surface area contributed by atoms with Gasteiger partial charge in [0.25, 0.3) is 0 Å². The summed E-state index contributed by atoms with van der Waals surface area (Å²) < 4.78 is 0.874. The fraction of sp³-hybridized carbons (Fsp3) is 0. The van der Waals surface area contributed by atoms with Crippen LogP contribution >= 0.6 is 27.5 Å². The van der Waals surface area contributed by atoms with Gasteiger partial charge in [-0.05, 0) is 36.4 Å². The summed E-state index contributed by atoms with van der Waals surface area (Å²) in [6.07, 6.45) is 0. The van der Waals surface area contributed by atoms with Gasteiger partial charge in [0.2, 0.25) is 5.91 Å². The Kier molecular flexibility index (Phi) is 3.66. The molecular weight excluding hydrogens is 352 g/mol. The number of carbonyl (C=O) groups is 1. The highest BCUT2D eigenvalue weighted by Gasteiger charge is 2.12. The topological polar surface area (TPSA) is 56.0 Å². The Hall–Kier alpha value is -1.91. The van der Waals surface area contributed by atoms with E-state index in [2.05, 4.69) is 20.9 Å². The zero-order chi connectivity index (χ0) is 15.0. The number of halogens is 2. The van der Waals surface area contributed by atoms with E-state index in [1.54, 1.807) is 18.2 Å². The molecule has 0 radical (unpaired) electrons. The fourth-order valence-corrected chi connectivity index (χ4v) is 2.66. The molecule has 2 aromatic carbocycles. The molecule has 0 saturated heterocycles. The lowest BCUT2D eigenvalue weighted by atomic mass is 10.0.